The van der Waals surface area contributed by atoms with Crippen molar-refractivity contribution >= 4 is 29.9 Å². The molecule has 2 N–H and O–H groups in total. The number of benzene rings is 2. The Bertz CT molecular complexity index is 1020. The van der Waals surface area contributed by atoms with E-state index in [1.807, 2.05) is 24.0 Å². The quantitative estimate of drug-likeness (QED) is 0.248. The van der Waals surface area contributed by atoms with Crippen LogP contribution in [0.3, 0.4) is 0 Å². The van der Waals surface area contributed by atoms with E-state index in [4.69, 9.17) is 4.74 Å². The molecule has 3 unspecified atom stereocenters. The first-order chi connectivity index (χ1) is 15.6. The van der Waals surface area contributed by atoms with Gasteiger partial charge in [-0.1, -0.05) is 42.0 Å². The minimum Gasteiger partial charge on any atom is -0.373 e. The Labute approximate surface area is 213 Å². The van der Waals surface area contributed by atoms with Gasteiger partial charge in [0.05, 0.1) is 17.8 Å². The smallest absolute Gasteiger partial charge is 0.191 e. The lowest BCUT2D eigenvalue weighted by Crippen LogP contribution is -2.42. The molecule has 176 valence electrons. The van der Waals surface area contributed by atoms with Gasteiger partial charge in [-0.15, -0.1) is 24.0 Å². The number of halogens is 1. The molecule has 3 atom stereocenters. The second-order valence-electron chi connectivity index (χ2n) is 8.47. The number of guanidine groups is 1. The molecule has 3 aromatic rings. The van der Waals surface area contributed by atoms with Crippen LogP contribution in [0.2, 0.25) is 0 Å². The summed E-state index contributed by atoms with van der Waals surface area (Å²) in [5, 5.41) is 11.4. The van der Waals surface area contributed by atoms with Crippen molar-refractivity contribution in [3.05, 3.63) is 83.7 Å². The number of nitrogens with one attached hydrogen (secondary N) is 2. The SMILES string of the molecule is CN=C(NCC1CCCOC1c1ccc(C)cc1)NC(C)c1cccc(-n2cccn2)c1.I. The average Bonchev–Trinajstić information content (AvgIpc) is 3.38. The predicted molar refractivity (Wildman–Crippen MR) is 144 cm³/mol. The molecule has 4 rings (SSSR count). The van der Waals surface area contributed by atoms with Gasteiger partial charge in [0.25, 0.3) is 0 Å². The number of nitrogens with zero attached hydrogens (tertiary/aromatic N) is 3. The number of ether oxygens (including phenoxy) is 1. The fourth-order valence-electron chi connectivity index (χ4n) is 4.25. The van der Waals surface area contributed by atoms with Gasteiger partial charge < -0.3 is 15.4 Å². The Morgan fingerprint density at radius 2 is 2.03 bits per heavy atom. The largest absolute Gasteiger partial charge is 0.373 e. The Hall–Kier alpha value is -2.39. The van der Waals surface area contributed by atoms with Crippen LogP contribution in [0.25, 0.3) is 5.69 Å². The fraction of sp³-hybridized carbons (Fsp3) is 0.385. The van der Waals surface area contributed by atoms with Gasteiger partial charge in [0, 0.05) is 38.5 Å². The maximum Gasteiger partial charge on any atom is 0.191 e. The van der Waals surface area contributed by atoms with Crippen molar-refractivity contribution in [2.45, 2.75) is 38.8 Å². The zero-order valence-corrected chi connectivity index (χ0v) is 21.9. The number of aromatic nitrogens is 2. The van der Waals surface area contributed by atoms with Crippen LogP contribution < -0.4 is 10.6 Å². The molecule has 2 aromatic carbocycles. The number of aryl methyl sites for hydroxylation is 1. The van der Waals surface area contributed by atoms with Crippen molar-refractivity contribution in [3.63, 3.8) is 0 Å². The first-order valence-electron chi connectivity index (χ1n) is 11.4. The molecule has 0 aliphatic carbocycles. The lowest BCUT2D eigenvalue weighted by molar-refractivity contribution is -0.0265. The molecule has 7 heteroatoms. The van der Waals surface area contributed by atoms with Crippen LogP contribution >= 0.6 is 24.0 Å². The van der Waals surface area contributed by atoms with Crippen molar-refractivity contribution in [2.75, 3.05) is 20.2 Å². The van der Waals surface area contributed by atoms with Crippen LogP contribution in [0.5, 0.6) is 0 Å². The summed E-state index contributed by atoms with van der Waals surface area (Å²) in [6.07, 6.45) is 6.10. The van der Waals surface area contributed by atoms with E-state index in [-0.39, 0.29) is 36.1 Å². The molecular weight excluding hydrogens is 525 g/mol. The molecule has 0 spiro atoms. The monoisotopic (exact) mass is 559 g/mol. The molecule has 6 nitrogen and oxygen atoms in total. The number of aliphatic imine (C=N–C) groups is 1. The summed E-state index contributed by atoms with van der Waals surface area (Å²) < 4.78 is 8.05. The molecule has 1 saturated heterocycles. The van der Waals surface area contributed by atoms with Crippen molar-refractivity contribution in [2.24, 2.45) is 10.9 Å². The Kier molecular flexibility index (Phi) is 9.31. The van der Waals surface area contributed by atoms with Crippen LogP contribution in [0.1, 0.15) is 48.6 Å². The highest BCUT2D eigenvalue weighted by Gasteiger charge is 2.27. The first-order valence-corrected chi connectivity index (χ1v) is 11.4. The molecule has 2 heterocycles. The fourth-order valence-corrected chi connectivity index (χ4v) is 4.25. The summed E-state index contributed by atoms with van der Waals surface area (Å²) >= 11 is 0. The molecule has 1 fully saturated rings. The minimum atomic E-state index is 0. The predicted octanol–water partition coefficient (Wildman–Crippen LogP) is 5.19. The minimum absolute atomic E-state index is 0. The highest BCUT2D eigenvalue weighted by Crippen LogP contribution is 2.33. The van der Waals surface area contributed by atoms with E-state index < -0.39 is 0 Å². The third kappa shape index (κ3) is 6.57. The lowest BCUT2D eigenvalue weighted by atomic mass is 9.89. The maximum atomic E-state index is 6.17. The van der Waals surface area contributed by atoms with Gasteiger partial charge in [0.1, 0.15) is 0 Å². The van der Waals surface area contributed by atoms with Crippen LogP contribution in [0, 0.1) is 12.8 Å². The Morgan fingerprint density at radius 1 is 1.21 bits per heavy atom. The second kappa shape index (κ2) is 12.2. The number of rotatable bonds is 6. The number of hydrogen-bond acceptors (Lipinski definition) is 3. The third-order valence-corrected chi connectivity index (χ3v) is 6.10. The van der Waals surface area contributed by atoms with E-state index >= 15 is 0 Å². The lowest BCUT2D eigenvalue weighted by Gasteiger charge is -2.33. The summed E-state index contributed by atoms with van der Waals surface area (Å²) in [6.45, 7) is 5.91. The van der Waals surface area contributed by atoms with Gasteiger partial charge in [0.15, 0.2) is 5.96 Å². The maximum absolute atomic E-state index is 6.17. The molecule has 0 bridgehead atoms. The molecule has 33 heavy (non-hydrogen) atoms. The van der Waals surface area contributed by atoms with Crippen molar-refractivity contribution in [3.8, 4) is 5.69 Å². The molecule has 0 saturated carbocycles. The molecule has 1 aliphatic heterocycles. The topological polar surface area (TPSA) is 63.5 Å². The summed E-state index contributed by atoms with van der Waals surface area (Å²) in [7, 11) is 1.82. The van der Waals surface area contributed by atoms with Gasteiger partial charge >= 0.3 is 0 Å². The standard InChI is InChI=1S/C26H33N5O.HI/c1-19-10-12-21(13-11-19)25-23(8-5-16-32-25)18-28-26(27-3)30-20(2)22-7-4-9-24(17-22)31-15-6-14-29-31;/h4,6-7,9-15,17,20,23,25H,5,8,16,18H2,1-3H3,(H2,27,28,30);1H. The van der Waals surface area contributed by atoms with Gasteiger partial charge in [-0.25, -0.2) is 4.68 Å². The molecule has 0 amide bonds. The highest BCUT2D eigenvalue weighted by molar-refractivity contribution is 14.0. The molecular formula is C26H34IN5O. The van der Waals surface area contributed by atoms with E-state index in [2.05, 4.69) is 83.1 Å². The van der Waals surface area contributed by atoms with Crippen molar-refractivity contribution in [1.29, 1.82) is 0 Å². The summed E-state index contributed by atoms with van der Waals surface area (Å²) in [5.41, 5.74) is 4.76. The second-order valence-corrected chi connectivity index (χ2v) is 8.47. The summed E-state index contributed by atoms with van der Waals surface area (Å²) in [4.78, 5) is 4.46. The number of hydrogen-bond donors (Lipinski definition) is 2. The summed E-state index contributed by atoms with van der Waals surface area (Å²) in [5.74, 6) is 1.21. The first kappa shape index (κ1) is 25.2. The van der Waals surface area contributed by atoms with E-state index in [0.717, 1.165) is 37.6 Å². The van der Waals surface area contributed by atoms with Crippen molar-refractivity contribution < 1.29 is 4.74 Å². The van der Waals surface area contributed by atoms with Crippen molar-refractivity contribution in [1.82, 2.24) is 20.4 Å². The highest BCUT2D eigenvalue weighted by atomic mass is 127. The van der Waals surface area contributed by atoms with E-state index in [1.165, 1.54) is 16.7 Å². The van der Waals surface area contributed by atoms with Gasteiger partial charge in [0.2, 0.25) is 0 Å². The zero-order chi connectivity index (χ0) is 22.3. The zero-order valence-electron chi connectivity index (χ0n) is 19.6. The van der Waals surface area contributed by atoms with Gasteiger partial charge in [-0.05, 0) is 56.0 Å². The third-order valence-electron chi connectivity index (χ3n) is 6.10. The van der Waals surface area contributed by atoms with E-state index in [9.17, 15) is 0 Å². The van der Waals surface area contributed by atoms with Crippen LogP contribution in [0.15, 0.2) is 72.0 Å². The Morgan fingerprint density at radius 3 is 2.76 bits per heavy atom. The van der Waals surface area contributed by atoms with E-state index in [1.54, 1.807) is 6.20 Å². The summed E-state index contributed by atoms with van der Waals surface area (Å²) in [6, 6.07) is 19.2. The van der Waals surface area contributed by atoms with Crippen LogP contribution in [-0.2, 0) is 4.74 Å². The van der Waals surface area contributed by atoms with Gasteiger partial charge in [-0.2, -0.15) is 5.10 Å². The van der Waals surface area contributed by atoms with Gasteiger partial charge in [-0.3, -0.25) is 4.99 Å². The van der Waals surface area contributed by atoms with Crippen LogP contribution in [0.4, 0.5) is 0 Å². The molecule has 1 aromatic heterocycles. The molecule has 1 aliphatic rings. The normalized spacial score (nSPS) is 19.4. The molecule has 0 radical (unpaired) electrons. The average molecular weight is 559 g/mol. The van der Waals surface area contributed by atoms with E-state index in [0.29, 0.717) is 5.92 Å². The van der Waals surface area contributed by atoms with Crippen LogP contribution in [-0.4, -0.2) is 35.9 Å². The Balaban J connectivity index is 0.00000306.